The molecule has 18 heavy (non-hydrogen) atoms. The number of hydrogen-bond acceptors (Lipinski definition) is 3. The molecule has 1 heterocycles. The third-order valence-corrected chi connectivity index (χ3v) is 3.24. The molecule has 2 unspecified atom stereocenters. The van der Waals surface area contributed by atoms with E-state index in [2.05, 4.69) is 4.98 Å². The van der Waals surface area contributed by atoms with Crippen LogP contribution in [-0.4, -0.2) is 19.7 Å². The maximum Gasteiger partial charge on any atom is 0.465 e. The van der Waals surface area contributed by atoms with Gasteiger partial charge in [0.2, 0.25) is 0 Å². The number of hydrogen-bond donors (Lipinski definition) is 0. The zero-order valence-electron chi connectivity index (χ0n) is 9.60. The van der Waals surface area contributed by atoms with Gasteiger partial charge in [-0.15, -0.1) is 11.0 Å². The molecule has 1 rings (SSSR count). The topological polar surface area (TPSA) is 62.8 Å². The normalized spacial score (nSPS) is 15.7. The molecule has 0 saturated heterocycles. The summed E-state index contributed by atoms with van der Waals surface area (Å²) in [6, 6.07) is 1.45. The molecule has 98 valence electrons. The Bertz CT molecular complexity index is 501. The van der Waals surface area contributed by atoms with E-state index in [-0.39, 0.29) is 0 Å². The van der Waals surface area contributed by atoms with Gasteiger partial charge in [0.15, 0.2) is 5.26 Å². The van der Waals surface area contributed by atoms with Crippen LogP contribution in [0.5, 0.6) is 0 Å². The first-order chi connectivity index (χ1) is 8.27. The SMILES string of the molecule is CC(c1ccc(C(F)(F)F)nc1)[N+](C#N)=S(C)[O-]. The van der Waals surface area contributed by atoms with Gasteiger partial charge < -0.3 is 4.55 Å². The highest BCUT2D eigenvalue weighted by atomic mass is 32.2. The molecule has 8 heteroatoms. The van der Waals surface area contributed by atoms with Gasteiger partial charge in [-0.25, -0.2) is 0 Å². The number of halogens is 3. The fourth-order valence-electron chi connectivity index (χ4n) is 1.32. The van der Waals surface area contributed by atoms with Crippen molar-refractivity contribution in [2.24, 2.45) is 0 Å². The highest BCUT2D eigenvalue weighted by Gasteiger charge is 2.32. The average Bonchev–Trinajstić information content (AvgIpc) is 2.28. The largest absolute Gasteiger partial charge is 0.772 e. The van der Waals surface area contributed by atoms with E-state index >= 15 is 0 Å². The summed E-state index contributed by atoms with van der Waals surface area (Å²) in [5.74, 6) is 0. The van der Waals surface area contributed by atoms with Gasteiger partial charge in [0.1, 0.15) is 11.7 Å². The molecule has 0 aliphatic rings. The van der Waals surface area contributed by atoms with E-state index < -0.39 is 28.9 Å². The van der Waals surface area contributed by atoms with Crippen molar-refractivity contribution in [1.29, 1.82) is 5.26 Å². The lowest BCUT2D eigenvalue weighted by Crippen LogP contribution is -2.16. The van der Waals surface area contributed by atoms with Crippen LogP contribution in [0, 0.1) is 11.5 Å². The van der Waals surface area contributed by atoms with Crippen molar-refractivity contribution in [3.05, 3.63) is 29.6 Å². The Morgan fingerprint density at radius 2 is 2.11 bits per heavy atom. The second-order valence-electron chi connectivity index (χ2n) is 3.50. The van der Waals surface area contributed by atoms with E-state index in [4.69, 9.17) is 5.26 Å². The van der Waals surface area contributed by atoms with Crippen molar-refractivity contribution >= 4 is 11.0 Å². The Morgan fingerprint density at radius 1 is 1.50 bits per heavy atom. The zero-order chi connectivity index (χ0) is 13.9. The quantitative estimate of drug-likeness (QED) is 0.473. The number of nitrogens with zero attached hydrogens (tertiary/aromatic N) is 3. The number of nitriles is 1. The van der Waals surface area contributed by atoms with Crippen LogP contribution in [0.4, 0.5) is 13.2 Å². The fourth-order valence-corrected chi connectivity index (χ4v) is 2.00. The van der Waals surface area contributed by atoms with Gasteiger partial charge in [-0.05, 0) is 19.2 Å². The minimum atomic E-state index is -4.50. The molecule has 0 radical (unpaired) electrons. The summed E-state index contributed by atoms with van der Waals surface area (Å²) >= 11 is 0. The van der Waals surface area contributed by atoms with Gasteiger partial charge in [0, 0.05) is 11.8 Å². The number of alkyl halides is 3. The summed E-state index contributed by atoms with van der Waals surface area (Å²) < 4.78 is 49.1. The summed E-state index contributed by atoms with van der Waals surface area (Å²) in [6.45, 7) is 1.56. The Labute approximate surface area is 105 Å². The van der Waals surface area contributed by atoms with E-state index in [1.54, 1.807) is 13.1 Å². The summed E-state index contributed by atoms with van der Waals surface area (Å²) in [6.07, 6.45) is -0.419. The van der Waals surface area contributed by atoms with Gasteiger partial charge in [-0.2, -0.15) is 17.1 Å². The standard InChI is InChI=1S/C10H10F3N3OS/c1-7(16(6-14)18(2)17)8-3-4-9(15-5-8)10(11,12)13/h3-5,7H,1-2H3. The lowest BCUT2D eigenvalue weighted by Gasteiger charge is -2.14. The Morgan fingerprint density at radius 3 is 2.44 bits per heavy atom. The smallest absolute Gasteiger partial charge is 0.465 e. The van der Waals surface area contributed by atoms with Crippen LogP contribution in [0.15, 0.2) is 18.3 Å². The summed E-state index contributed by atoms with van der Waals surface area (Å²) in [5.41, 5.74) is -0.612. The third kappa shape index (κ3) is 3.27. The number of aromatic nitrogens is 1. The molecule has 0 amide bonds. The van der Waals surface area contributed by atoms with Crippen molar-refractivity contribution in [2.75, 3.05) is 6.26 Å². The van der Waals surface area contributed by atoms with E-state index in [9.17, 15) is 17.7 Å². The second-order valence-corrected chi connectivity index (χ2v) is 4.74. The Kier molecular flexibility index (Phi) is 4.43. The van der Waals surface area contributed by atoms with Gasteiger partial charge >= 0.3 is 12.4 Å². The van der Waals surface area contributed by atoms with Crippen LogP contribution in [-0.2, 0) is 17.1 Å². The number of pyridine rings is 1. The van der Waals surface area contributed by atoms with Gasteiger partial charge in [0.05, 0.1) is 0 Å². The molecule has 1 aromatic heterocycles. The van der Waals surface area contributed by atoms with Crippen molar-refractivity contribution in [2.45, 2.75) is 19.1 Å². The molecule has 0 bridgehead atoms. The lowest BCUT2D eigenvalue weighted by atomic mass is 10.1. The highest BCUT2D eigenvalue weighted by molar-refractivity contribution is 7.78. The molecule has 2 atom stereocenters. The van der Waals surface area contributed by atoms with Crippen LogP contribution in [0.1, 0.15) is 24.2 Å². The van der Waals surface area contributed by atoms with Gasteiger partial charge in [-0.3, -0.25) is 4.98 Å². The first-order valence-electron chi connectivity index (χ1n) is 4.83. The summed E-state index contributed by atoms with van der Waals surface area (Å²) in [7, 11) is -1.53. The average molecular weight is 277 g/mol. The van der Waals surface area contributed by atoms with Crippen molar-refractivity contribution < 1.29 is 21.7 Å². The van der Waals surface area contributed by atoms with Crippen LogP contribution < -0.4 is 0 Å². The van der Waals surface area contributed by atoms with Gasteiger partial charge in [-0.1, -0.05) is 6.07 Å². The van der Waals surface area contributed by atoms with Crippen LogP contribution in [0.25, 0.3) is 0 Å². The molecule has 0 aliphatic carbocycles. The lowest BCUT2D eigenvalue weighted by molar-refractivity contribution is -0.463. The first kappa shape index (κ1) is 14.6. The predicted molar refractivity (Wildman–Crippen MR) is 57.6 cm³/mol. The molecular formula is C10H10F3N3OS. The Hall–Kier alpha value is -1.46. The molecule has 0 fully saturated rings. The molecule has 0 aliphatic heterocycles. The summed E-state index contributed by atoms with van der Waals surface area (Å²) in [5, 5.41) is 8.79. The van der Waals surface area contributed by atoms with E-state index in [0.717, 1.165) is 16.2 Å². The van der Waals surface area contributed by atoms with Crippen molar-refractivity contribution in [3.63, 3.8) is 0 Å². The molecule has 0 saturated carbocycles. The van der Waals surface area contributed by atoms with Crippen LogP contribution in [0.2, 0.25) is 0 Å². The number of rotatable bonds is 2. The fraction of sp³-hybridized carbons (Fsp3) is 0.400. The monoisotopic (exact) mass is 277 g/mol. The minimum absolute atomic E-state index is 0.389. The van der Waals surface area contributed by atoms with Crippen LogP contribution in [0.3, 0.4) is 0 Å². The maximum atomic E-state index is 12.3. The van der Waals surface area contributed by atoms with E-state index in [1.165, 1.54) is 12.3 Å². The predicted octanol–water partition coefficient (Wildman–Crippen LogP) is 2.22. The zero-order valence-corrected chi connectivity index (χ0v) is 10.4. The molecule has 0 aromatic carbocycles. The van der Waals surface area contributed by atoms with E-state index in [1.807, 2.05) is 0 Å². The van der Waals surface area contributed by atoms with Gasteiger partial charge in [0.25, 0.3) is 0 Å². The maximum absolute atomic E-state index is 12.3. The van der Waals surface area contributed by atoms with E-state index in [0.29, 0.717) is 5.56 Å². The van der Waals surface area contributed by atoms with Crippen molar-refractivity contribution in [3.8, 4) is 6.19 Å². The molecular weight excluding hydrogens is 267 g/mol. The second kappa shape index (κ2) is 5.46. The molecule has 4 nitrogen and oxygen atoms in total. The van der Waals surface area contributed by atoms with Crippen LogP contribution >= 0.6 is 0 Å². The first-order valence-corrected chi connectivity index (χ1v) is 6.34. The highest BCUT2D eigenvalue weighted by Crippen LogP contribution is 2.28. The molecule has 0 N–H and O–H groups in total. The summed E-state index contributed by atoms with van der Waals surface area (Å²) in [4.78, 5) is 3.29. The molecule has 0 spiro atoms. The minimum Gasteiger partial charge on any atom is -0.772 e. The Balaban J connectivity index is 3.08. The molecule has 1 aromatic rings. The van der Waals surface area contributed by atoms with Crippen molar-refractivity contribution in [1.82, 2.24) is 4.98 Å². The third-order valence-electron chi connectivity index (χ3n) is 2.29.